The van der Waals surface area contributed by atoms with Crippen LogP contribution in [0.1, 0.15) is 34.5 Å². The van der Waals surface area contributed by atoms with Gasteiger partial charge < -0.3 is 15.0 Å². The molecular weight excluding hydrogens is 486 g/mol. The van der Waals surface area contributed by atoms with Crippen LogP contribution in [0.3, 0.4) is 0 Å². The maximum atomic E-state index is 13.3. The second-order valence-electron chi connectivity index (χ2n) is 9.46. The molecular formula is C27H29N7O4. The number of nitro groups is 1. The van der Waals surface area contributed by atoms with Gasteiger partial charge >= 0.3 is 0 Å². The fourth-order valence-corrected chi connectivity index (χ4v) is 5.27. The van der Waals surface area contributed by atoms with Crippen molar-refractivity contribution in [2.75, 3.05) is 49.6 Å². The number of aromatic nitrogens is 2. The second kappa shape index (κ2) is 11.0. The highest BCUT2D eigenvalue weighted by Crippen LogP contribution is 2.33. The third-order valence-corrected chi connectivity index (χ3v) is 7.31. The third-order valence-electron chi connectivity index (χ3n) is 7.31. The molecule has 0 aliphatic carbocycles. The van der Waals surface area contributed by atoms with E-state index in [1.54, 1.807) is 35.9 Å². The summed E-state index contributed by atoms with van der Waals surface area (Å²) < 4.78 is 7.06. The predicted molar refractivity (Wildman–Crippen MR) is 142 cm³/mol. The van der Waals surface area contributed by atoms with E-state index in [2.05, 4.69) is 26.3 Å². The Morgan fingerprint density at radius 3 is 2.50 bits per heavy atom. The van der Waals surface area contributed by atoms with Gasteiger partial charge in [0.25, 0.3) is 11.6 Å². The minimum atomic E-state index is -0.462. The summed E-state index contributed by atoms with van der Waals surface area (Å²) in [5, 5.41) is 28.1. The van der Waals surface area contributed by atoms with E-state index in [0.717, 1.165) is 57.9 Å². The van der Waals surface area contributed by atoms with E-state index in [9.17, 15) is 20.2 Å². The number of para-hydroxylation sites is 1. The van der Waals surface area contributed by atoms with Crippen LogP contribution in [0.4, 0.5) is 17.1 Å². The fourth-order valence-electron chi connectivity index (χ4n) is 5.27. The van der Waals surface area contributed by atoms with Crippen molar-refractivity contribution >= 4 is 23.0 Å². The Morgan fingerprint density at radius 1 is 1.13 bits per heavy atom. The first-order valence-corrected chi connectivity index (χ1v) is 12.7. The molecule has 2 fully saturated rings. The van der Waals surface area contributed by atoms with Crippen LogP contribution in [0.25, 0.3) is 5.69 Å². The molecule has 5 rings (SSSR count). The lowest BCUT2D eigenvalue weighted by atomic mass is 10.0. The van der Waals surface area contributed by atoms with Crippen molar-refractivity contribution in [3.05, 3.63) is 75.6 Å². The zero-order valence-electron chi connectivity index (χ0n) is 21.2. The van der Waals surface area contributed by atoms with Crippen LogP contribution in [0, 0.1) is 28.4 Å². The minimum absolute atomic E-state index is 0.0181. The standard InChI is InChI=1S/C27H29N7O4/c1-19-24(18-29-33(19)22-5-7-23(8-6-22)34(36)37)27(35)30-25-4-2-3-20(17-28)26(25)32-11-9-21(10-12-32)31-13-15-38-16-14-31/h2-8,18,21H,9-16H2,1H3,(H,30,35). The number of hydrogen-bond acceptors (Lipinski definition) is 8. The molecule has 0 spiro atoms. The molecule has 11 heteroatoms. The fraction of sp³-hybridized carbons (Fsp3) is 0.370. The summed E-state index contributed by atoms with van der Waals surface area (Å²) in [4.78, 5) is 28.5. The highest BCUT2D eigenvalue weighted by Gasteiger charge is 2.28. The van der Waals surface area contributed by atoms with Gasteiger partial charge in [0.15, 0.2) is 0 Å². The van der Waals surface area contributed by atoms with E-state index in [-0.39, 0.29) is 11.6 Å². The Kier molecular flexibility index (Phi) is 7.35. The Bertz CT molecular complexity index is 1370. The van der Waals surface area contributed by atoms with Gasteiger partial charge in [0.05, 0.1) is 58.2 Å². The van der Waals surface area contributed by atoms with Gasteiger partial charge in [-0.3, -0.25) is 19.8 Å². The average Bonchev–Trinajstić information content (AvgIpc) is 3.34. The van der Waals surface area contributed by atoms with Gasteiger partial charge in [-0.05, 0) is 44.0 Å². The van der Waals surface area contributed by atoms with Crippen molar-refractivity contribution in [3.8, 4) is 11.8 Å². The van der Waals surface area contributed by atoms with Crippen molar-refractivity contribution in [2.45, 2.75) is 25.8 Å². The first-order chi connectivity index (χ1) is 18.5. The van der Waals surface area contributed by atoms with Crippen molar-refractivity contribution < 1.29 is 14.5 Å². The van der Waals surface area contributed by atoms with Crippen LogP contribution in [0.15, 0.2) is 48.7 Å². The number of nitrogens with zero attached hydrogens (tertiary/aromatic N) is 6. The SMILES string of the molecule is Cc1c(C(=O)Nc2cccc(C#N)c2N2CCC(N3CCOCC3)CC2)cnn1-c1ccc([N+](=O)[O-])cc1. The van der Waals surface area contributed by atoms with Crippen molar-refractivity contribution in [3.63, 3.8) is 0 Å². The highest BCUT2D eigenvalue weighted by atomic mass is 16.6. The molecule has 3 heterocycles. The summed E-state index contributed by atoms with van der Waals surface area (Å²) in [6, 6.07) is 14.1. The summed E-state index contributed by atoms with van der Waals surface area (Å²) in [7, 11) is 0. The summed E-state index contributed by atoms with van der Waals surface area (Å²) in [5.41, 5.74) is 3.41. The lowest BCUT2D eigenvalue weighted by Crippen LogP contribution is -2.49. The Morgan fingerprint density at radius 2 is 1.84 bits per heavy atom. The van der Waals surface area contributed by atoms with E-state index in [0.29, 0.717) is 34.2 Å². The normalized spacial score (nSPS) is 16.7. The molecule has 11 nitrogen and oxygen atoms in total. The number of carbonyl (C=O) groups excluding carboxylic acids is 1. The third kappa shape index (κ3) is 5.09. The van der Waals surface area contributed by atoms with Crippen LogP contribution < -0.4 is 10.2 Å². The van der Waals surface area contributed by atoms with Crippen LogP contribution in [0.2, 0.25) is 0 Å². The van der Waals surface area contributed by atoms with Crippen molar-refractivity contribution in [1.82, 2.24) is 14.7 Å². The minimum Gasteiger partial charge on any atom is -0.379 e. The predicted octanol–water partition coefficient (Wildman–Crippen LogP) is 3.51. The summed E-state index contributed by atoms with van der Waals surface area (Å²) in [6.07, 6.45) is 3.44. The molecule has 0 unspecified atom stereocenters. The second-order valence-corrected chi connectivity index (χ2v) is 9.46. The molecule has 0 bridgehead atoms. The number of piperidine rings is 1. The van der Waals surface area contributed by atoms with Gasteiger partial charge in [-0.2, -0.15) is 10.4 Å². The molecule has 0 atom stereocenters. The number of morpholine rings is 1. The molecule has 38 heavy (non-hydrogen) atoms. The Labute approximate surface area is 220 Å². The molecule has 2 aliphatic rings. The van der Waals surface area contributed by atoms with E-state index in [1.165, 1.54) is 18.3 Å². The van der Waals surface area contributed by atoms with Crippen LogP contribution >= 0.6 is 0 Å². The van der Waals surface area contributed by atoms with Gasteiger partial charge in [0, 0.05) is 44.4 Å². The number of nitrogens with one attached hydrogen (secondary N) is 1. The number of amides is 1. The van der Waals surface area contributed by atoms with Crippen LogP contribution in [0.5, 0.6) is 0 Å². The van der Waals surface area contributed by atoms with Gasteiger partial charge in [-0.1, -0.05) is 6.07 Å². The van der Waals surface area contributed by atoms with Gasteiger partial charge in [-0.25, -0.2) is 4.68 Å². The Hall–Kier alpha value is -4.27. The number of nitro benzene ring substituents is 1. The van der Waals surface area contributed by atoms with E-state index >= 15 is 0 Å². The van der Waals surface area contributed by atoms with Crippen molar-refractivity contribution in [1.29, 1.82) is 5.26 Å². The molecule has 1 aromatic heterocycles. The van der Waals surface area contributed by atoms with E-state index in [4.69, 9.17) is 4.74 Å². The number of nitriles is 1. The summed E-state index contributed by atoms with van der Waals surface area (Å²) in [5.74, 6) is -0.338. The van der Waals surface area contributed by atoms with Crippen molar-refractivity contribution in [2.24, 2.45) is 0 Å². The lowest BCUT2D eigenvalue weighted by Gasteiger charge is -2.41. The molecule has 3 aromatic rings. The first-order valence-electron chi connectivity index (χ1n) is 12.7. The molecule has 196 valence electrons. The number of rotatable bonds is 6. The monoisotopic (exact) mass is 515 g/mol. The van der Waals surface area contributed by atoms with Crippen LogP contribution in [-0.2, 0) is 4.74 Å². The lowest BCUT2D eigenvalue weighted by molar-refractivity contribution is -0.384. The van der Waals surface area contributed by atoms with Gasteiger partial charge in [-0.15, -0.1) is 0 Å². The molecule has 2 aliphatic heterocycles. The molecule has 0 saturated carbocycles. The highest BCUT2D eigenvalue weighted by molar-refractivity contribution is 6.07. The summed E-state index contributed by atoms with van der Waals surface area (Å²) >= 11 is 0. The molecule has 2 saturated heterocycles. The number of hydrogen-bond donors (Lipinski definition) is 1. The largest absolute Gasteiger partial charge is 0.379 e. The zero-order chi connectivity index (χ0) is 26.6. The van der Waals surface area contributed by atoms with Gasteiger partial charge in [0.2, 0.25) is 0 Å². The van der Waals surface area contributed by atoms with Gasteiger partial charge in [0.1, 0.15) is 6.07 Å². The molecule has 2 aromatic carbocycles. The average molecular weight is 516 g/mol. The quantitative estimate of drug-likeness (QED) is 0.390. The Balaban J connectivity index is 1.34. The molecule has 1 N–H and O–H groups in total. The number of benzene rings is 2. The maximum absolute atomic E-state index is 13.3. The van der Waals surface area contributed by atoms with Crippen LogP contribution in [-0.4, -0.2) is 70.9 Å². The molecule has 1 amide bonds. The maximum Gasteiger partial charge on any atom is 0.269 e. The smallest absolute Gasteiger partial charge is 0.269 e. The number of non-ortho nitro benzene ring substituents is 1. The first kappa shape index (κ1) is 25.4. The zero-order valence-corrected chi connectivity index (χ0v) is 21.2. The number of carbonyl (C=O) groups is 1. The van der Waals surface area contributed by atoms with E-state index < -0.39 is 4.92 Å². The van der Waals surface area contributed by atoms with E-state index in [1.807, 2.05) is 6.07 Å². The number of anilines is 2. The molecule has 0 radical (unpaired) electrons. The topological polar surface area (TPSA) is 130 Å². The summed E-state index contributed by atoms with van der Waals surface area (Å²) in [6.45, 7) is 6.80. The number of ether oxygens (including phenoxy) is 1.